The Morgan fingerprint density at radius 2 is 1.67 bits per heavy atom. The van der Waals surface area contributed by atoms with E-state index >= 15 is 0 Å². The first kappa shape index (κ1) is 29.6. The molecule has 0 bridgehead atoms. The number of amides is 1. The van der Waals surface area contributed by atoms with E-state index in [0.29, 0.717) is 43.1 Å². The van der Waals surface area contributed by atoms with Crippen LogP contribution in [-0.2, 0) is 16.1 Å². The van der Waals surface area contributed by atoms with Gasteiger partial charge < -0.3 is 24.3 Å². The summed E-state index contributed by atoms with van der Waals surface area (Å²) in [5, 5.41) is 12.8. The fraction of sp³-hybridized carbons (Fsp3) is 0.355. The van der Waals surface area contributed by atoms with Gasteiger partial charge in [-0.05, 0) is 31.2 Å². The Morgan fingerprint density at radius 1 is 0.978 bits per heavy atom. The number of methoxy groups -OCH3 is 1. The molecule has 1 amide bonds. The van der Waals surface area contributed by atoms with Gasteiger partial charge in [0.1, 0.15) is 24.3 Å². The van der Waals surface area contributed by atoms with Crippen LogP contribution in [0.3, 0.4) is 0 Å². The van der Waals surface area contributed by atoms with E-state index in [1.165, 1.54) is 18.2 Å². The van der Waals surface area contributed by atoms with Crippen molar-refractivity contribution in [3.8, 4) is 29.1 Å². The first-order valence-electron chi connectivity index (χ1n) is 14.6. The van der Waals surface area contributed by atoms with E-state index in [-0.39, 0.29) is 48.2 Å². The number of nitriles is 1. The van der Waals surface area contributed by atoms with Crippen molar-refractivity contribution < 1.29 is 23.7 Å². The Bertz CT molecular complexity index is 1620. The minimum Gasteiger partial charge on any atom is -0.468 e. The van der Waals surface area contributed by atoms with E-state index in [1.54, 1.807) is 24.8 Å². The van der Waals surface area contributed by atoms with Crippen LogP contribution >= 0.6 is 0 Å². The Hall–Kier alpha value is -5.42. The molecule has 3 aromatic heterocycles. The average Bonchev–Trinajstić information content (AvgIpc) is 3.07. The highest BCUT2D eigenvalue weighted by atomic mass is 16.6. The van der Waals surface area contributed by atoms with E-state index in [0.717, 1.165) is 18.4 Å². The van der Waals surface area contributed by atoms with Crippen LogP contribution < -0.4 is 19.7 Å². The molecular formula is C31H31N9O5. The van der Waals surface area contributed by atoms with Crippen molar-refractivity contribution in [1.29, 1.82) is 5.26 Å². The van der Waals surface area contributed by atoms with Crippen LogP contribution in [0.1, 0.15) is 36.8 Å². The van der Waals surface area contributed by atoms with Gasteiger partial charge in [0.25, 0.3) is 0 Å². The number of nitrogens with one attached hydrogen (secondary N) is 1. The summed E-state index contributed by atoms with van der Waals surface area (Å²) in [6.07, 6.45) is 10.1. The highest BCUT2D eigenvalue weighted by molar-refractivity contribution is 5.86. The van der Waals surface area contributed by atoms with Gasteiger partial charge in [-0.25, -0.2) is 34.6 Å². The quantitative estimate of drug-likeness (QED) is 0.274. The normalized spacial score (nSPS) is 17.8. The largest absolute Gasteiger partial charge is 0.468 e. The van der Waals surface area contributed by atoms with Gasteiger partial charge in [0, 0.05) is 48.0 Å². The summed E-state index contributed by atoms with van der Waals surface area (Å²) in [6.45, 7) is 1.06. The van der Waals surface area contributed by atoms with Gasteiger partial charge in [-0.2, -0.15) is 10.2 Å². The minimum atomic E-state index is -0.520. The van der Waals surface area contributed by atoms with E-state index in [4.69, 9.17) is 18.9 Å². The molecule has 45 heavy (non-hydrogen) atoms. The van der Waals surface area contributed by atoms with Crippen LogP contribution in [0.25, 0.3) is 11.1 Å². The van der Waals surface area contributed by atoms with Gasteiger partial charge in [-0.3, -0.25) is 0 Å². The molecule has 0 atom stereocenters. The zero-order valence-corrected chi connectivity index (χ0v) is 24.6. The van der Waals surface area contributed by atoms with Crippen LogP contribution in [0.4, 0.5) is 16.7 Å². The third kappa shape index (κ3) is 7.22. The zero-order chi connectivity index (χ0) is 31.0. The molecule has 1 aliphatic heterocycles. The number of hydrogen-bond donors (Lipinski definition) is 1. The molecule has 14 nitrogen and oxygen atoms in total. The molecule has 1 aliphatic carbocycles. The van der Waals surface area contributed by atoms with Crippen molar-refractivity contribution in [2.45, 2.75) is 50.5 Å². The highest BCUT2D eigenvalue weighted by Crippen LogP contribution is 2.29. The zero-order valence-electron chi connectivity index (χ0n) is 24.6. The molecule has 0 radical (unpaired) electrons. The van der Waals surface area contributed by atoms with Crippen molar-refractivity contribution in [2.75, 3.05) is 30.5 Å². The molecule has 0 unspecified atom stereocenters. The molecule has 230 valence electrons. The summed E-state index contributed by atoms with van der Waals surface area (Å²) in [7, 11) is 1.50. The number of nitrogens with zero attached hydrogens (tertiary/aromatic N) is 8. The predicted molar refractivity (Wildman–Crippen MR) is 160 cm³/mol. The van der Waals surface area contributed by atoms with Gasteiger partial charge >= 0.3 is 12.1 Å². The van der Waals surface area contributed by atoms with Gasteiger partial charge in [-0.1, -0.05) is 30.3 Å². The summed E-state index contributed by atoms with van der Waals surface area (Å²) in [5.41, 5.74) is 2.56. The van der Waals surface area contributed by atoms with Crippen molar-refractivity contribution >= 4 is 18.0 Å². The maximum atomic E-state index is 13.5. The number of carbonyl (C=O) groups excluding carboxylic acids is 1. The summed E-state index contributed by atoms with van der Waals surface area (Å²) in [5.74, 6) is 0.874. The lowest BCUT2D eigenvalue weighted by molar-refractivity contribution is -0.0814. The smallest absolute Gasteiger partial charge is 0.417 e. The third-order valence-corrected chi connectivity index (χ3v) is 7.55. The summed E-state index contributed by atoms with van der Waals surface area (Å²) >= 11 is 0. The molecule has 6 rings (SSSR count). The molecule has 1 saturated carbocycles. The second kappa shape index (κ2) is 13.9. The number of hydrogen-bond acceptors (Lipinski definition) is 13. The molecule has 1 aromatic carbocycles. The number of benzene rings is 1. The molecule has 14 heteroatoms. The molecule has 1 saturated heterocycles. The fourth-order valence-electron chi connectivity index (χ4n) is 5.05. The molecule has 4 aromatic rings. The maximum absolute atomic E-state index is 13.5. The summed E-state index contributed by atoms with van der Waals surface area (Å²) in [4.78, 5) is 41.2. The number of ether oxygens (including phenoxy) is 4. The van der Waals surface area contributed by atoms with Crippen LogP contribution in [0.5, 0.6) is 11.9 Å². The van der Waals surface area contributed by atoms with Crippen molar-refractivity contribution in [3.63, 3.8) is 0 Å². The van der Waals surface area contributed by atoms with Gasteiger partial charge in [0.2, 0.25) is 17.8 Å². The standard InChI is InChI=1S/C31H31N9O5/c1-42-30-36-15-23(16-37-30)22-13-34-29(35-14-22)40(31(41)44-17-20-5-3-2-4-6-20)25-9-7-24(8-10-25)38-28-33-12-21(11-32)27(39-28)45-26-18-43-19-26/h2-6,12-16,24-26H,7-10,17-19H2,1H3,(H,33,38,39)/t24-,25-. The number of carbonyl (C=O) groups is 1. The fourth-order valence-corrected chi connectivity index (χ4v) is 5.05. The van der Waals surface area contributed by atoms with Crippen molar-refractivity contribution in [1.82, 2.24) is 29.9 Å². The predicted octanol–water partition coefficient (Wildman–Crippen LogP) is 3.95. The van der Waals surface area contributed by atoms with Crippen LogP contribution in [0, 0.1) is 11.3 Å². The second-order valence-corrected chi connectivity index (χ2v) is 10.6. The average molecular weight is 610 g/mol. The lowest BCUT2D eigenvalue weighted by atomic mass is 9.90. The van der Waals surface area contributed by atoms with Crippen molar-refractivity contribution in [2.24, 2.45) is 0 Å². The maximum Gasteiger partial charge on any atom is 0.417 e. The van der Waals surface area contributed by atoms with Crippen LogP contribution in [-0.4, -0.2) is 74.5 Å². The molecule has 2 aliphatic rings. The lowest BCUT2D eigenvalue weighted by Gasteiger charge is -2.35. The minimum absolute atomic E-state index is 0.0506. The van der Waals surface area contributed by atoms with E-state index in [1.807, 2.05) is 30.3 Å². The lowest BCUT2D eigenvalue weighted by Crippen LogP contribution is -2.45. The monoisotopic (exact) mass is 609 g/mol. The SMILES string of the molecule is COc1ncc(-c2cnc(N(C(=O)OCc3ccccc3)[C@H]3CC[C@H](Nc4ncc(C#N)c(OC5COC5)n4)CC3)nc2)cn1. The summed E-state index contributed by atoms with van der Waals surface area (Å²) in [6, 6.07) is 11.7. The number of aromatic nitrogens is 6. The number of rotatable bonds is 10. The van der Waals surface area contributed by atoms with Crippen LogP contribution in [0.15, 0.2) is 61.3 Å². The molecular weight excluding hydrogens is 578 g/mol. The Balaban J connectivity index is 1.15. The van der Waals surface area contributed by atoms with Crippen LogP contribution in [0.2, 0.25) is 0 Å². The summed E-state index contributed by atoms with van der Waals surface area (Å²) < 4.78 is 21.7. The van der Waals surface area contributed by atoms with E-state index in [9.17, 15) is 10.1 Å². The van der Waals surface area contributed by atoms with Gasteiger partial charge in [-0.15, -0.1) is 0 Å². The third-order valence-electron chi connectivity index (χ3n) is 7.55. The van der Waals surface area contributed by atoms with E-state index < -0.39 is 6.09 Å². The first-order valence-corrected chi connectivity index (χ1v) is 14.6. The molecule has 4 heterocycles. The Kier molecular flexibility index (Phi) is 9.16. The molecule has 1 N–H and O–H groups in total. The second-order valence-electron chi connectivity index (χ2n) is 10.6. The first-order chi connectivity index (χ1) is 22.1. The Morgan fingerprint density at radius 3 is 2.29 bits per heavy atom. The van der Waals surface area contributed by atoms with Crippen molar-refractivity contribution in [3.05, 3.63) is 72.4 Å². The topological polar surface area (TPSA) is 170 Å². The van der Waals surface area contributed by atoms with Gasteiger partial charge in [0.05, 0.1) is 26.5 Å². The van der Waals surface area contributed by atoms with Gasteiger partial charge in [0.15, 0.2) is 0 Å². The molecule has 0 spiro atoms. The Labute approximate surface area is 259 Å². The molecule has 2 fully saturated rings. The highest BCUT2D eigenvalue weighted by Gasteiger charge is 2.33. The van der Waals surface area contributed by atoms with E-state index in [2.05, 4.69) is 41.3 Å². The number of anilines is 2.